The van der Waals surface area contributed by atoms with E-state index in [-0.39, 0.29) is 586 Å². The molecule has 0 radical (unpaired) electrons. The van der Waals surface area contributed by atoms with E-state index in [2.05, 4.69) is 0 Å². The SMILES string of the molecule is [O-2].[O-2].[O-2].[O-2].[O-2].[O-2].[O-2].[O-2].[O-2].[O-2].[O-2].[O-2].[O-2].[O-2].[O-2].[O-2].[O-2].[O-2].[O-2].[O-2].[O-2].[O-2].[O-2].[O-2].[O-2].[O-2].[O-2].[O-2].[O-2].[O-2].[O-2].[O-2].[O-2].[O-2].[O-2].[O-2].[O-2].[O-2].[O-2].[O-2].[O-2].[O-2].[O-2].[O-2].[O-2].[O-2].[O-2].[O-2].[O-2].[O-2].[O-2].[O-2].[O-2].[O-2].[O-2].[O-2].[O-2].[O-2].[O-2].[O-2].[O-2].[O-2].[O-2].[O-2].[O-2].[O-2].[O-2].[O-2].[O-2].[O-2].[O-2].[O-2].[O-2].[O-2].[O-2].[Zn+2].[Zn+2].[Zn+2].[Zn+2].[Zn+2].[Zn+2].[Zn+2].[Zn+2].[Zn+2]. The molecule has 0 N–H and O–H groups in total. The zero-order chi connectivity index (χ0) is 0. The van der Waals surface area contributed by atoms with E-state index in [1.54, 1.807) is 0 Å². The Bertz CT molecular complexity index is 41.3. The minimum Gasteiger partial charge on any atom is -2.00 e. The summed E-state index contributed by atoms with van der Waals surface area (Å²) in [5, 5.41) is 0. The van der Waals surface area contributed by atoms with Gasteiger partial charge in [0.25, 0.3) is 0 Å². The largest absolute Gasteiger partial charge is 2.00 e. The molecule has 600 valence electrons. The van der Waals surface area contributed by atoms with Crippen molar-refractivity contribution in [1.29, 1.82) is 0 Å². The van der Waals surface area contributed by atoms with Crippen LogP contribution in [-0.4, -0.2) is 0 Å². The van der Waals surface area contributed by atoms with Gasteiger partial charge in [0.1, 0.15) is 0 Å². The van der Waals surface area contributed by atoms with Crippen molar-refractivity contribution in [2.24, 2.45) is 0 Å². The summed E-state index contributed by atoms with van der Waals surface area (Å²) in [6, 6.07) is 0. The molecule has 0 unspecified atom stereocenters. The van der Waals surface area contributed by atoms with Gasteiger partial charge in [-0.05, 0) is 0 Å². The molecule has 0 spiro atoms. The van der Waals surface area contributed by atoms with Crippen LogP contribution in [0.2, 0.25) is 0 Å². The molecule has 0 heterocycles. The fourth-order valence-electron chi connectivity index (χ4n) is 0. The third kappa shape index (κ3) is 86800. The van der Waals surface area contributed by atoms with Crippen LogP contribution in [0.25, 0.3) is 0 Å². The van der Waals surface area contributed by atoms with E-state index in [4.69, 9.17) is 0 Å². The van der Waals surface area contributed by atoms with Crippen LogP contribution in [0.3, 0.4) is 0 Å². The molecule has 0 aliphatic carbocycles. The molecule has 0 fully saturated rings. The zero-order valence-electron chi connectivity index (χ0n) is 37.0. The van der Waals surface area contributed by atoms with Crippen molar-refractivity contribution < 1.29 is 586 Å². The molecule has 84 heavy (non-hydrogen) atoms. The minimum absolute atomic E-state index is 0. The number of rotatable bonds is 0. The summed E-state index contributed by atoms with van der Waals surface area (Å²) in [5.41, 5.74) is 0. The molecular formula is O75Zn9-132. The average molecular weight is 1790 g/mol. The van der Waals surface area contributed by atoms with Crippen molar-refractivity contribution in [3.05, 3.63) is 0 Å². The number of hydrogen-bond acceptors (Lipinski definition) is 0. The molecule has 0 amide bonds. The van der Waals surface area contributed by atoms with Crippen LogP contribution in [0.5, 0.6) is 0 Å². The van der Waals surface area contributed by atoms with Crippen molar-refractivity contribution >= 4 is 0 Å². The van der Waals surface area contributed by atoms with E-state index < -0.39 is 0 Å². The Labute approximate surface area is 582 Å². The quantitative estimate of drug-likeness (QED) is 0.204. The molecule has 0 aliphatic heterocycles. The van der Waals surface area contributed by atoms with Gasteiger partial charge in [0, 0.05) is 0 Å². The molecule has 84 heteroatoms. The van der Waals surface area contributed by atoms with Crippen molar-refractivity contribution in [3.63, 3.8) is 0 Å². The summed E-state index contributed by atoms with van der Waals surface area (Å²) in [4.78, 5) is 0. The molecule has 0 aliphatic rings. The zero-order valence-corrected chi connectivity index (χ0v) is 63.7. The van der Waals surface area contributed by atoms with Gasteiger partial charge < -0.3 is 411 Å². The molecule has 75 nitrogen and oxygen atoms in total. The van der Waals surface area contributed by atoms with Gasteiger partial charge in [-0.1, -0.05) is 0 Å². The van der Waals surface area contributed by atoms with Gasteiger partial charge >= 0.3 is 175 Å². The Morgan fingerprint density at radius 3 is 0.0238 bits per heavy atom. The Kier molecular flexibility index (Phi) is 99700000. The summed E-state index contributed by atoms with van der Waals surface area (Å²) in [6.07, 6.45) is 0. The fourth-order valence-corrected chi connectivity index (χ4v) is 0. The minimum atomic E-state index is 0. The van der Waals surface area contributed by atoms with Crippen molar-refractivity contribution in [3.8, 4) is 0 Å². The summed E-state index contributed by atoms with van der Waals surface area (Å²) in [7, 11) is 0. The molecule has 0 saturated heterocycles. The van der Waals surface area contributed by atoms with Gasteiger partial charge in [0.05, 0.1) is 0 Å². The maximum absolute atomic E-state index is 0. The predicted octanol–water partition coefficient (Wildman–Crippen LogP) is -8.93. The Morgan fingerprint density at radius 2 is 0.0238 bits per heavy atom. The van der Waals surface area contributed by atoms with E-state index >= 15 is 0 Å². The maximum atomic E-state index is 0. The van der Waals surface area contributed by atoms with Crippen LogP contribution in [0.15, 0.2) is 0 Å². The summed E-state index contributed by atoms with van der Waals surface area (Å²) in [6.45, 7) is 0. The van der Waals surface area contributed by atoms with Crippen molar-refractivity contribution in [2.45, 2.75) is 0 Å². The first-order chi connectivity index (χ1) is 0. The van der Waals surface area contributed by atoms with Gasteiger partial charge in [0.2, 0.25) is 0 Å². The second-order valence-corrected chi connectivity index (χ2v) is 0. The Balaban J connectivity index is 0. The van der Waals surface area contributed by atoms with E-state index in [1.165, 1.54) is 0 Å². The van der Waals surface area contributed by atoms with Crippen LogP contribution in [0, 0.1) is 0 Å². The van der Waals surface area contributed by atoms with E-state index in [9.17, 15) is 0 Å². The first kappa shape index (κ1) is 93200. The standard InChI is InChI=1S/75O.9Zn/q75*-2;9*+2. The molecule has 0 aromatic heterocycles. The van der Waals surface area contributed by atoms with Gasteiger partial charge in [-0.15, -0.1) is 0 Å². The van der Waals surface area contributed by atoms with Crippen LogP contribution in [0.1, 0.15) is 0 Å². The third-order valence-electron chi connectivity index (χ3n) is 0. The normalized spacial score (nSPS) is 0. The Morgan fingerprint density at radius 1 is 0.0238 bits per heavy atom. The van der Waals surface area contributed by atoms with E-state index in [0.29, 0.717) is 0 Å². The fraction of sp³-hybridized carbons (Fsp3) is 0. The van der Waals surface area contributed by atoms with Gasteiger partial charge in [-0.25, -0.2) is 0 Å². The summed E-state index contributed by atoms with van der Waals surface area (Å²) >= 11 is 0. The molecule has 0 aromatic carbocycles. The monoisotopic (exact) mass is 1780 g/mol. The van der Waals surface area contributed by atoms with Crippen LogP contribution in [-0.2, 0) is 586 Å². The van der Waals surface area contributed by atoms with Crippen molar-refractivity contribution in [1.82, 2.24) is 0 Å². The van der Waals surface area contributed by atoms with E-state index in [1.807, 2.05) is 0 Å². The van der Waals surface area contributed by atoms with Gasteiger partial charge in [-0.2, -0.15) is 0 Å². The summed E-state index contributed by atoms with van der Waals surface area (Å²) in [5.74, 6) is 0. The van der Waals surface area contributed by atoms with Gasteiger partial charge in [-0.3, -0.25) is 0 Å². The van der Waals surface area contributed by atoms with Gasteiger partial charge in [0.15, 0.2) is 0 Å². The molecular weight excluding hydrogens is 1790 g/mol. The Hall–Kier alpha value is 2.61. The molecule has 0 rings (SSSR count). The number of hydrogen-bond donors (Lipinski definition) is 0. The second kappa shape index (κ2) is 89900. The first-order valence-corrected chi connectivity index (χ1v) is 0. The smallest absolute Gasteiger partial charge is 2.00 e. The molecule has 0 atom stereocenters. The topological polar surface area (TPSA) is 2140 Å². The maximum Gasteiger partial charge on any atom is 2.00 e. The van der Waals surface area contributed by atoms with Crippen molar-refractivity contribution in [2.75, 3.05) is 0 Å². The van der Waals surface area contributed by atoms with Crippen LogP contribution in [0.4, 0.5) is 0 Å². The van der Waals surface area contributed by atoms with E-state index in [0.717, 1.165) is 0 Å². The van der Waals surface area contributed by atoms with Crippen LogP contribution >= 0.6 is 0 Å². The molecule has 0 bridgehead atoms. The molecule has 0 saturated carbocycles. The predicted molar refractivity (Wildman–Crippen MR) is 51.5 cm³/mol. The molecule has 0 aromatic rings. The van der Waals surface area contributed by atoms with Crippen LogP contribution < -0.4 is 0 Å². The summed E-state index contributed by atoms with van der Waals surface area (Å²) < 4.78 is 0. The average Bonchev–Trinajstić information content (AvgIpc) is 0. The first-order valence-electron chi connectivity index (χ1n) is 0. The third-order valence-corrected chi connectivity index (χ3v) is 0. The second-order valence-electron chi connectivity index (χ2n) is 0.